The molecule has 3 N–H and O–H groups in total. The van der Waals surface area contributed by atoms with Gasteiger partial charge in [-0.15, -0.1) is 0 Å². The maximum Gasteiger partial charge on any atom is 0.114 e. The summed E-state index contributed by atoms with van der Waals surface area (Å²) in [5, 5.41) is 9.59. The Bertz CT molecular complexity index is 1380. The summed E-state index contributed by atoms with van der Waals surface area (Å²) in [7, 11) is 0. The number of nitrogens with zero attached hydrogens (tertiary/aromatic N) is 2. The quantitative estimate of drug-likeness (QED) is 0.159. The predicted molar refractivity (Wildman–Crippen MR) is 155 cm³/mol. The zero-order valence-corrected chi connectivity index (χ0v) is 20.9. The van der Waals surface area contributed by atoms with Gasteiger partial charge in [0.25, 0.3) is 0 Å². The molecule has 0 saturated carbocycles. The molecule has 0 saturated heterocycles. The zero-order chi connectivity index (χ0) is 25.5. The highest BCUT2D eigenvalue weighted by Crippen LogP contribution is 2.18. The van der Waals surface area contributed by atoms with Crippen LogP contribution in [0.1, 0.15) is 33.6 Å². The van der Waals surface area contributed by atoms with Gasteiger partial charge in [0.2, 0.25) is 0 Å². The Morgan fingerprint density at radius 3 is 1.24 bits per heavy atom. The van der Waals surface area contributed by atoms with Crippen molar-refractivity contribution in [2.24, 2.45) is 10.2 Å². The lowest BCUT2D eigenvalue weighted by Crippen LogP contribution is -2.10. The molecule has 0 spiro atoms. The van der Waals surface area contributed by atoms with Crippen LogP contribution in [0.2, 0.25) is 0 Å². The Balaban J connectivity index is 1.53. The second kappa shape index (κ2) is 11.2. The molecule has 0 amide bonds. The first-order valence-electron chi connectivity index (χ1n) is 12.3. The van der Waals surface area contributed by atoms with E-state index < -0.39 is 0 Å². The van der Waals surface area contributed by atoms with E-state index in [1.165, 1.54) is 11.1 Å². The molecular formula is C32H29N5. The van der Waals surface area contributed by atoms with Gasteiger partial charge in [0.05, 0.1) is 22.8 Å². The number of anilines is 2. The molecule has 0 radical (unpaired) electrons. The number of hydrogen-bond donors (Lipinski definition) is 3. The fourth-order valence-corrected chi connectivity index (χ4v) is 3.92. The second-order valence-corrected chi connectivity index (χ2v) is 8.89. The van der Waals surface area contributed by atoms with E-state index in [0.717, 1.165) is 45.3 Å². The third kappa shape index (κ3) is 6.03. The molecule has 0 atom stereocenters. The van der Waals surface area contributed by atoms with Gasteiger partial charge < -0.3 is 4.98 Å². The van der Waals surface area contributed by atoms with Crippen LogP contribution in [-0.2, 0) is 0 Å². The first kappa shape index (κ1) is 23.8. The highest BCUT2D eigenvalue weighted by Gasteiger charge is 2.15. The standard InChI is InChI=1S/C32H29N5/c1-23-13-17-25(18-14-23)31(36-34-27-9-5-3-6-10-27)29-21-22-30(33-29)32(26-19-15-24(2)16-20-26)37-35-28-11-7-4-8-12-28/h3-22,33-35H,1-2H3/b36-31-,37-32+. The Morgan fingerprint density at radius 1 is 0.486 bits per heavy atom. The number of hydrazone groups is 2. The van der Waals surface area contributed by atoms with Crippen molar-refractivity contribution in [1.82, 2.24) is 4.98 Å². The Hall–Kier alpha value is -4.90. The largest absolute Gasteiger partial charge is 0.352 e. The van der Waals surface area contributed by atoms with Crippen molar-refractivity contribution in [3.05, 3.63) is 155 Å². The van der Waals surface area contributed by atoms with Crippen molar-refractivity contribution in [2.75, 3.05) is 10.9 Å². The van der Waals surface area contributed by atoms with E-state index in [-0.39, 0.29) is 0 Å². The molecule has 0 aliphatic carbocycles. The maximum absolute atomic E-state index is 4.79. The van der Waals surface area contributed by atoms with E-state index in [9.17, 15) is 0 Å². The lowest BCUT2D eigenvalue weighted by Gasteiger charge is -2.09. The van der Waals surface area contributed by atoms with Crippen molar-refractivity contribution in [2.45, 2.75) is 13.8 Å². The Labute approximate surface area is 217 Å². The number of nitrogens with one attached hydrogen (secondary N) is 3. The maximum atomic E-state index is 4.79. The molecule has 5 aromatic rings. The molecule has 5 heteroatoms. The van der Waals surface area contributed by atoms with Gasteiger partial charge in [0.1, 0.15) is 11.4 Å². The Kier molecular flexibility index (Phi) is 7.23. The summed E-state index contributed by atoms with van der Waals surface area (Å²) >= 11 is 0. The van der Waals surface area contributed by atoms with Gasteiger partial charge in [-0.1, -0.05) is 96.1 Å². The first-order valence-corrected chi connectivity index (χ1v) is 12.3. The Morgan fingerprint density at radius 2 is 0.865 bits per heavy atom. The van der Waals surface area contributed by atoms with Crippen LogP contribution in [0, 0.1) is 13.8 Å². The molecule has 0 aliphatic heterocycles. The molecule has 4 aromatic carbocycles. The van der Waals surface area contributed by atoms with Crippen LogP contribution >= 0.6 is 0 Å². The van der Waals surface area contributed by atoms with Crippen molar-refractivity contribution >= 4 is 22.8 Å². The minimum Gasteiger partial charge on any atom is -0.352 e. The SMILES string of the molecule is Cc1ccc(/C(=N/Nc2ccccc2)c2ccc(/C(=N/Nc3ccccc3)c3ccc(C)cc3)[nH]2)cc1. The van der Waals surface area contributed by atoms with Crippen LogP contribution in [0.3, 0.4) is 0 Å². The summed E-state index contributed by atoms with van der Waals surface area (Å²) < 4.78 is 0. The second-order valence-electron chi connectivity index (χ2n) is 8.89. The number of benzene rings is 4. The fourth-order valence-electron chi connectivity index (χ4n) is 3.92. The van der Waals surface area contributed by atoms with Crippen LogP contribution in [0.5, 0.6) is 0 Å². The lowest BCUT2D eigenvalue weighted by molar-refractivity contribution is 1.26. The molecular weight excluding hydrogens is 454 g/mol. The number of aromatic amines is 1. The number of aryl methyl sites for hydroxylation is 2. The number of H-pyrrole nitrogens is 1. The van der Waals surface area contributed by atoms with Gasteiger partial charge >= 0.3 is 0 Å². The number of para-hydroxylation sites is 2. The van der Waals surface area contributed by atoms with Crippen LogP contribution in [-0.4, -0.2) is 16.4 Å². The van der Waals surface area contributed by atoms with E-state index in [1.54, 1.807) is 0 Å². The summed E-state index contributed by atoms with van der Waals surface area (Å²) in [6.07, 6.45) is 0. The molecule has 37 heavy (non-hydrogen) atoms. The van der Waals surface area contributed by atoms with Crippen molar-refractivity contribution in [3.63, 3.8) is 0 Å². The third-order valence-corrected chi connectivity index (χ3v) is 5.99. The first-order chi connectivity index (χ1) is 18.2. The summed E-state index contributed by atoms with van der Waals surface area (Å²) in [6, 6.07) is 40.7. The molecule has 0 aliphatic rings. The van der Waals surface area contributed by atoms with Crippen LogP contribution in [0.15, 0.2) is 132 Å². The number of hydrogen-bond acceptors (Lipinski definition) is 4. The zero-order valence-electron chi connectivity index (χ0n) is 20.9. The van der Waals surface area contributed by atoms with Crippen molar-refractivity contribution < 1.29 is 0 Å². The number of rotatable bonds is 8. The monoisotopic (exact) mass is 483 g/mol. The van der Waals surface area contributed by atoms with Crippen molar-refractivity contribution in [1.29, 1.82) is 0 Å². The molecule has 0 unspecified atom stereocenters. The third-order valence-electron chi connectivity index (χ3n) is 5.99. The van der Waals surface area contributed by atoms with Gasteiger partial charge in [0, 0.05) is 11.1 Å². The van der Waals surface area contributed by atoms with Gasteiger partial charge in [-0.2, -0.15) is 10.2 Å². The summed E-state index contributed by atoms with van der Waals surface area (Å²) in [4.78, 5) is 3.57. The molecule has 5 rings (SSSR count). The summed E-state index contributed by atoms with van der Waals surface area (Å²) in [5.74, 6) is 0. The lowest BCUT2D eigenvalue weighted by atomic mass is 10.1. The smallest absolute Gasteiger partial charge is 0.114 e. The summed E-state index contributed by atoms with van der Waals surface area (Å²) in [5.41, 5.74) is 16.1. The molecule has 1 aromatic heterocycles. The van der Waals surface area contributed by atoms with E-state index in [0.29, 0.717) is 0 Å². The van der Waals surface area contributed by atoms with E-state index in [4.69, 9.17) is 10.2 Å². The van der Waals surface area contributed by atoms with Crippen molar-refractivity contribution in [3.8, 4) is 0 Å². The molecule has 0 fully saturated rings. The minimum absolute atomic E-state index is 0.814. The summed E-state index contributed by atoms with van der Waals surface area (Å²) in [6.45, 7) is 4.17. The van der Waals surface area contributed by atoms with Gasteiger partial charge in [-0.3, -0.25) is 10.9 Å². The van der Waals surface area contributed by atoms with Gasteiger partial charge in [0.15, 0.2) is 0 Å². The molecule has 5 nitrogen and oxygen atoms in total. The van der Waals surface area contributed by atoms with E-state index in [1.807, 2.05) is 72.8 Å². The average Bonchev–Trinajstić information content (AvgIpc) is 3.42. The van der Waals surface area contributed by atoms with E-state index in [2.05, 4.69) is 78.2 Å². The minimum atomic E-state index is 0.814. The fraction of sp³-hybridized carbons (Fsp3) is 0.0625. The van der Waals surface area contributed by atoms with Gasteiger partial charge in [-0.05, 0) is 50.2 Å². The van der Waals surface area contributed by atoms with Crippen LogP contribution in [0.4, 0.5) is 11.4 Å². The number of aromatic nitrogens is 1. The highest BCUT2D eigenvalue weighted by atomic mass is 15.3. The molecule has 1 heterocycles. The highest BCUT2D eigenvalue weighted by molar-refractivity contribution is 6.15. The van der Waals surface area contributed by atoms with Gasteiger partial charge in [-0.25, -0.2) is 0 Å². The predicted octanol–water partition coefficient (Wildman–Crippen LogP) is 7.36. The topological polar surface area (TPSA) is 64.6 Å². The molecule has 182 valence electrons. The van der Waals surface area contributed by atoms with Crippen LogP contribution in [0.25, 0.3) is 0 Å². The molecule has 0 bridgehead atoms. The normalized spacial score (nSPS) is 11.8. The average molecular weight is 484 g/mol. The van der Waals surface area contributed by atoms with Crippen LogP contribution < -0.4 is 10.9 Å². The van der Waals surface area contributed by atoms with E-state index >= 15 is 0 Å².